The monoisotopic (exact) mass is 256 g/mol. The zero-order valence-corrected chi connectivity index (χ0v) is 11.2. The predicted molar refractivity (Wildman–Crippen MR) is 66.1 cm³/mol. The van der Waals surface area contributed by atoms with Crippen molar-refractivity contribution in [3.05, 3.63) is 0 Å². The van der Waals surface area contributed by atoms with Gasteiger partial charge in [0.25, 0.3) is 0 Å². The summed E-state index contributed by atoms with van der Waals surface area (Å²) in [5.74, 6) is 0. The molecule has 108 valence electrons. The van der Waals surface area contributed by atoms with E-state index in [1.54, 1.807) is 14.2 Å². The van der Waals surface area contributed by atoms with Crippen molar-refractivity contribution in [2.45, 2.75) is 13.3 Å². The first kappa shape index (κ1) is 22.0. The van der Waals surface area contributed by atoms with Crippen LogP contribution in [0.3, 0.4) is 0 Å². The van der Waals surface area contributed by atoms with Gasteiger partial charge in [0.05, 0.1) is 39.6 Å². The van der Waals surface area contributed by atoms with Crippen molar-refractivity contribution in [2.75, 3.05) is 60.5 Å². The van der Waals surface area contributed by atoms with E-state index >= 15 is 0 Å². The maximum atomic E-state index is 8.17. The third-order valence-corrected chi connectivity index (χ3v) is 1.17. The summed E-state index contributed by atoms with van der Waals surface area (Å²) in [4.78, 5) is 0. The molecule has 0 rings (SSSR count). The second-order valence-electron chi connectivity index (χ2n) is 2.77. The van der Waals surface area contributed by atoms with Crippen molar-refractivity contribution >= 4 is 0 Å². The Balaban J connectivity index is -0.000000177. The molecule has 0 aromatic rings. The van der Waals surface area contributed by atoms with Crippen LogP contribution in [0.4, 0.5) is 0 Å². The van der Waals surface area contributed by atoms with Gasteiger partial charge < -0.3 is 29.5 Å². The molecule has 0 amide bonds. The van der Waals surface area contributed by atoms with E-state index in [4.69, 9.17) is 20.1 Å². The highest BCUT2D eigenvalue weighted by atomic mass is 16.5. The molecule has 0 aliphatic heterocycles. The average Bonchev–Trinajstić information content (AvgIpc) is 2.33. The predicted octanol–water partition coefficient (Wildman–Crippen LogP) is -0.344. The maximum Gasteiger partial charge on any atom is 0.0697 e. The van der Waals surface area contributed by atoms with E-state index in [2.05, 4.69) is 9.47 Å². The van der Waals surface area contributed by atoms with Gasteiger partial charge in [-0.3, -0.25) is 0 Å². The lowest BCUT2D eigenvalue weighted by Crippen LogP contribution is -1.98. The third-order valence-electron chi connectivity index (χ3n) is 1.17. The van der Waals surface area contributed by atoms with Gasteiger partial charge in [-0.25, -0.2) is 0 Å². The Morgan fingerprint density at radius 1 is 0.706 bits per heavy atom. The first-order chi connectivity index (χ1) is 8.24. The van der Waals surface area contributed by atoms with Crippen LogP contribution in [-0.2, 0) is 14.2 Å². The quantitative estimate of drug-likeness (QED) is 0.515. The highest BCUT2D eigenvalue weighted by Crippen LogP contribution is 1.76. The molecule has 17 heavy (non-hydrogen) atoms. The van der Waals surface area contributed by atoms with E-state index in [1.165, 1.54) is 0 Å². The molecule has 0 atom stereocenters. The van der Waals surface area contributed by atoms with Crippen LogP contribution in [0.25, 0.3) is 0 Å². The third kappa shape index (κ3) is 49.6. The number of rotatable bonds is 8. The SMILES string of the molecule is CCCOCCO.COCCO.COCCO. The molecule has 3 N–H and O–H groups in total. The van der Waals surface area contributed by atoms with Gasteiger partial charge in [0.1, 0.15) is 0 Å². The topological polar surface area (TPSA) is 88.4 Å². The first-order valence-electron chi connectivity index (χ1n) is 5.63. The maximum absolute atomic E-state index is 8.17. The molecule has 0 heterocycles. The van der Waals surface area contributed by atoms with Gasteiger partial charge in [0.2, 0.25) is 0 Å². The Morgan fingerprint density at radius 2 is 1.12 bits per heavy atom. The van der Waals surface area contributed by atoms with Crippen molar-refractivity contribution < 1.29 is 29.5 Å². The Morgan fingerprint density at radius 3 is 1.29 bits per heavy atom. The number of hydrogen-bond acceptors (Lipinski definition) is 6. The van der Waals surface area contributed by atoms with E-state index in [0.29, 0.717) is 19.8 Å². The Kier molecular flexibility index (Phi) is 38.4. The van der Waals surface area contributed by atoms with Crippen molar-refractivity contribution in [3.63, 3.8) is 0 Å². The molecule has 0 spiro atoms. The summed E-state index contributed by atoms with van der Waals surface area (Å²) in [6.07, 6.45) is 1.03. The lowest BCUT2D eigenvalue weighted by atomic mass is 10.5. The van der Waals surface area contributed by atoms with Gasteiger partial charge in [-0.05, 0) is 6.42 Å². The summed E-state index contributed by atoms with van der Waals surface area (Å²) in [5.41, 5.74) is 0. The van der Waals surface area contributed by atoms with Crippen LogP contribution in [-0.4, -0.2) is 75.8 Å². The Bertz CT molecular complexity index is 78.0. The number of hydrogen-bond donors (Lipinski definition) is 3. The molecule has 0 radical (unpaired) electrons. The molecule has 0 bridgehead atoms. The molecule has 0 saturated carbocycles. The van der Waals surface area contributed by atoms with Crippen LogP contribution in [0.15, 0.2) is 0 Å². The number of aliphatic hydroxyl groups excluding tert-OH is 3. The van der Waals surface area contributed by atoms with Crippen molar-refractivity contribution in [1.29, 1.82) is 0 Å². The molecule has 6 heteroatoms. The second kappa shape index (κ2) is 29.7. The molecule has 0 unspecified atom stereocenters. The Hall–Kier alpha value is -0.240. The number of methoxy groups -OCH3 is 2. The van der Waals surface area contributed by atoms with Gasteiger partial charge in [-0.15, -0.1) is 0 Å². The number of ether oxygens (including phenoxy) is 3. The second-order valence-corrected chi connectivity index (χ2v) is 2.77. The van der Waals surface area contributed by atoms with Crippen LogP contribution in [0, 0.1) is 0 Å². The first-order valence-corrected chi connectivity index (χ1v) is 5.63. The van der Waals surface area contributed by atoms with E-state index in [0.717, 1.165) is 13.0 Å². The van der Waals surface area contributed by atoms with Gasteiger partial charge in [-0.2, -0.15) is 0 Å². The number of aliphatic hydroxyl groups is 3. The van der Waals surface area contributed by atoms with Crippen LogP contribution in [0.5, 0.6) is 0 Å². The smallest absolute Gasteiger partial charge is 0.0697 e. The lowest BCUT2D eigenvalue weighted by molar-refractivity contribution is 0.0928. The molecule has 0 aromatic carbocycles. The van der Waals surface area contributed by atoms with E-state index in [9.17, 15) is 0 Å². The average molecular weight is 256 g/mol. The van der Waals surface area contributed by atoms with Gasteiger partial charge in [0, 0.05) is 20.8 Å². The largest absolute Gasteiger partial charge is 0.394 e. The van der Waals surface area contributed by atoms with Crippen molar-refractivity contribution in [3.8, 4) is 0 Å². The summed E-state index contributed by atoms with van der Waals surface area (Å²) >= 11 is 0. The fraction of sp³-hybridized carbons (Fsp3) is 1.00. The van der Waals surface area contributed by atoms with Crippen molar-refractivity contribution in [1.82, 2.24) is 0 Å². The molecule has 0 aliphatic carbocycles. The zero-order chi connectivity index (χ0) is 13.8. The standard InChI is InChI=1S/C5H12O2.2C3H8O2/c1-2-4-7-5-3-6;2*1-5-3-2-4/h6H,2-5H2,1H3;2*4H,2-3H2,1H3. The summed E-state index contributed by atoms with van der Waals surface area (Å²) in [7, 11) is 3.10. The summed E-state index contributed by atoms with van der Waals surface area (Å²) in [6.45, 7) is 4.55. The molecular formula is C11H28O6. The Labute approximate surface area is 104 Å². The van der Waals surface area contributed by atoms with Gasteiger partial charge in [0.15, 0.2) is 0 Å². The van der Waals surface area contributed by atoms with E-state index in [-0.39, 0.29) is 19.8 Å². The van der Waals surface area contributed by atoms with Gasteiger partial charge in [-0.1, -0.05) is 6.92 Å². The minimum atomic E-state index is 0.122. The summed E-state index contributed by atoms with van der Waals surface area (Å²) < 4.78 is 13.8. The van der Waals surface area contributed by atoms with Crippen LogP contribution >= 0.6 is 0 Å². The van der Waals surface area contributed by atoms with Crippen LogP contribution < -0.4 is 0 Å². The molecule has 6 nitrogen and oxygen atoms in total. The molecule has 0 aliphatic rings. The minimum absolute atomic E-state index is 0.122. The highest BCUT2D eigenvalue weighted by Gasteiger charge is 1.78. The summed E-state index contributed by atoms with van der Waals surface area (Å²) in [6, 6.07) is 0. The van der Waals surface area contributed by atoms with E-state index in [1.807, 2.05) is 6.92 Å². The van der Waals surface area contributed by atoms with Crippen LogP contribution in [0.1, 0.15) is 13.3 Å². The fourth-order valence-corrected chi connectivity index (χ4v) is 0.494. The molecule has 0 fully saturated rings. The van der Waals surface area contributed by atoms with Crippen LogP contribution in [0.2, 0.25) is 0 Å². The van der Waals surface area contributed by atoms with Gasteiger partial charge >= 0.3 is 0 Å². The normalized spacial score (nSPS) is 8.82. The zero-order valence-electron chi connectivity index (χ0n) is 11.2. The summed E-state index contributed by atoms with van der Waals surface area (Å²) in [5, 5.41) is 24.1. The lowest BCUT2D eigenvalue weighted by Gasteiger charge is -1.94. The fourth-order valence-electron chi connectivity index (χ4n) is 0.494. The van der Waals surface area contributed by atoms with E-state index < -0.39 is 0 Å². The van der Waals surface area contributed by atoms with Crippen molar-refractivity contribution in [2.24, 2.45) is 0 Å². The highest BCUT2D eigenvalue weighted by molar-refractivity contribution is 4.24. The minimum Gasteiger partial charge on any atom is -0.394 e. The molecular weight excluding hydrogens is 228 g/mol. The molecule has 0 saturated heterocycles. The molecule has 0 aromatic heterocycles.